The van der Waals surface area contributed by atoms with Gasteiger partial charge in [-0.25, -0.2) is 0 Å². The van der Waals surface area contributed by atoms with Gasteiger partial charge < -0.3 is 9.80 Å². The Labute approximate surface area is 394 Å². The summed E-state index contributed by atoms with van der Waals surface area (Å²) in [7, 11) is 2.26. The van der Waals surface area contributed by atoms with Crippen LogP contribution < -0.4 is 9.80 Å². The van der Waals surface area contributed by atoms with Crippen LogP contribution in [0.3, 0.4) is 0 Å². The molecule has 0 heterocycles. The van der Waals surface area contributed by atoms with Crippen LogP contribution in [0.4, 0.5) is 28.4 Å². The first-order valence-electron chi connectivity index (χ1n) is 26.2. The van der Waals surface area contributed by atoms with E-state index in [1.54, 1.807) is 22.3 Å². The minimum atomic E-state index is -0.0443. The molecule has 8 rings (SSSR count). The molecule has 2 aliphatic rings. The van der Waals surface area contributed by atoms with Gasteiger partial charge in [0.25, 0.3) is 0 Å². The van der Waals surface area contributed by atoms with E-state index in [0.717, 1.165) is 0 Å². The maximum Gasteiger partial charge on any atom is 0.0465 e. The normalized spacial score (nSPS) is 13.9. The molecule has 0 fully saturated rings. The van der Waals surface area contributed by atoms with E-state index < -0.39 is 0 Å². The van der Waals surface area contributed by atoms with Crippen LogP contribution in [0.2, 0.25) is 0 Å². The van der Waals surface area contributed by atoms with Gasteiger partial charge in [0.1, 0.15) is 0 Å². The zero-order valence-electron chi connectivity index (χ0n) is 40.8. The van der Waals surface area contributed by atoms with E-state index in [9.17, 15) is 0 Å². The quantitative estimate of drug-likeness (QED) is 0.0529. The zero-order chi connectivity index (χ0) is 45.1. The van der Waals surface area contributed by atoms with Crippen LogP contribution in [-0.4, -0.2) is 7.05 Å². The summed E-state index contributed by atoms with van der Waals surface area (Å²) in [5.74, 6) is 0. The molecule has 0 saturated heterocycles. The third kappa shape index (κ3) is 9.61. The third-order valence-electron chi connectivity index (χ3n) is 15.5. The Morgan fingerprint density at radius 3 is 1.03 bits per heavy atom. The molecule has 0 aromatic heterocycles. The molecular weight excluding hydrogens is 785 g/mol. The summed E-state index contributed by atoms with van der Waals surface area (Å²) in [5.41, 5.74) is 18.5. The van der Waals surface area contributed by atoms with Crippen molar-refractivity contribution in [3.63, 3.8) is 0 Å². The van der Waals surface area contributed by atoms with Crippen LogP contribution >= 0.6 is 0 Å². The second-order valence-electron chi connectivity index (χ2n) is 19.7. The monoisotopic (exact) mass is 863 g/mol. The highest BCUT2D eigenvalue weighted by molar-refractivity contribution is 5.92. The molecule has 0 bridgehead atoms. The van der Waals surface area contributed by atoms with E-state index in [1.165, 1.54) is 179 Å². The largest absolute Gasteiger partial charge is 0.345 e. The van der Waals surface area contributed by atoms with E-state index >= 15 is 0 Å². The molecule has 340 valence electrons. The average Bonchev–Trinajstić information content (AvgIpc) is 3.77. The first kappa shape index (κ1) is 46.4. The van der Waals surface area contributed by atoms with Crippen LogP contribution in [-0.2, 0) is 10.8 Å². The van der Waals surface area contributed by atoms with Gasteiger partial charge in [-0.15, -0.1) is 0 Å². The molecule has 65 heavy (non-hydrogen) atoms. The number of para-hydroxylation sites is 3. The molecular formula is C63H78N2. The van der Waals surface area contributed by atoms with Crippen LogP contribution in [0.5, 0.6) is 0 Å². The van der Waals surface area contributed by atoms with Crippen LogP contribution in [0.15, 0.2) is 140 Å². The summed E-state index contributed by atoms with van der Waals surface area (Å²) < 4.78 is 0. The summed E-state index contributed by atoms with van der Waals surface area (Å²) in [6.45, 7) is 9.42. The zero-order valence-corrected chi connectivity index (χ0v) is 40.8. The van der Waals surface area contributed by atoms with E-state index in [-0.39, 0.29) is 10.8 Å². The number of hydrogen-bond acceptors (Lipinski definition) is 2. The van der Waals surface area contributed by atoms with Crippen molar-refractivity contribution in [2.45, 2.75) is 167 Å². The summed E-state index contributed by atoms with van der Waals surface area (Å²) in [4.78, 5) is 4.89. The van der Waals surface area contributed by atoms with Crippen molar-refractivity contribution < 1.29 is 0 Å². The van der Waals surface area contributed by atoms with Gasteiger partial charge in [0.15, 0.2) is 0 Å². The lowest BCUT2D eigenvalue weighted by atomic mass is 9.68. The molecule has 0 radical (unpaired) electrons. The maximum atomic E-state index is 2.79. The molecule has 0 atom stereocenters. The second-order valence-corrected chi connectivity index (χ2v) is 19.7. The first-order valence-corrected chi connectivity index (χ1v) is 26.2. The molecule has 6 aromatic carbocycles. The summed E-state index contributed by atoms with van der Waals surface area (Å²) in [6.07, 6.45) is 25.3. The lowest BCUT2D eigenvalue weighted by Gasteiger charge is -2.35. The van der Waals surface area contributed by atoms with Crippen molar-refractivity contribution in [2.24, 2.45) is 0 Å². The highest BCUT2D eigenvalue weighted by Gasteiger charge is 2.48. The number of nitrogens with zero attached hydrogens (tertiary/aromatic N) is 2. The highest BCUT2D eigenvalue weighted by Crippen LogP contribution is 2.62. The Morgan fingerprint density at radius 2 is 0.646 bits per heavy atom. The fourth-order valence-electron chi connectivity index (χ4n) is 11.9. The van der Waals surface area contributed by atoms with Gasteiger partial charge in [-0.05, 0) is 143 Å². The Morgan fingerprint density at radius 1 is 0.308 bits per heavy atom. The fourth-order valence-corrected chi connectivity index (χ4v) is 11.9. The van der Waals surface area contributed by atoms with Crippen molar-refractivity contribution >= 4 is 28.4 Å². The number of anilines is 5. The minimum Gasteiger partial charge on any atom is -0.345 e. The number of fused-ring (bicyclic) bond motifs is 6. The standard InChI is InChI=1S/C63H78N2/c1-6-10-14-27-41-62(42-28-15-11-7-2)58-45-52(64(5)49-31-21-18-22-32-49)37-39-54(58)56-47-61-57(48-60(56)62)55-40-38-53(65(50-33-23-19-24-34-50)51-35-25-20-26-36-51)46-59(55)63(61,43-29-16-12-8-3)44-30-17-13-9-4/h18-26,31-40,45-48H,6-17,27-30,41-44H2,1-5H3. The van der Waals surface area contributed by atoms with Gasteiger partial charge >= 0.3 is 0 Å². The SMILES string of the molecule is CCCCCCC1(CCCCCC)c2cc(N(C)c3ccccc3)ccc2-c2cc3c(cc21)-c1ccc(N(c2ccccc2)c2ccccc2)cc1C3(CCCCCC)CCCCCC. The summed E-state index contributed by atoms with van der Waals surface area (Å²) >= 11 is 0. The summed E-state index contributed by atoms with van der Waals surface area (Å²) in [5, 5.41) is 0. The van der Waals surface area contributed by atoms with E-state index in [4.69, 9.17) is 0 Å². The molecule has 2 nitrogen and oxygen atoms in total. The minimum absolute atomic E-state index is 0.0141. The lowest BCUT2D eigenvalue weighted by molar-refractivity contribution is 0.397. The second kappa shape index (κ2) is 21.9. The molecule has 2 aliphatic carbocycles. The molecule has 2 heteroatoms. The molecule has 0 spiro atoms. The van der Waals surface area contributed by atoms with Crippen molar-refractivity contribution in [2.75, 3.05) is 16.8 Å². The number of rotatable bonds is 25. The predicted molar refractivity (Wildman–Crippen MR) is 283 cm³/mol. The smallest absolute Gasteiger partial charge is 0.0465 e. The fraction of sp³-hybridized carbons (Fsp3) is 0.429. The molecule has 6 aromatic rings. The van der Waals surface area contributed by atoms with E-state index in [1.807, 2.05) is 0 Å². The number of hydrogen-bond donors (Lipinski definition) is 0. The van der Waals surface area contributed by atoms with Crippen molar-refractivity contribution in [3.8, 4) is 22.3 Å². The van der Waals surface area contributed by atoms with Gasteiger partial charge in [-0.2, -0.15) is 0 Å². The van der Waals surface area contributed by atoms with Crippen molar-refractivity contribution in [3.05, 3.63) is 162 Å². The molecule has 0 saturated carbocycles. The molecule has 0 aliphatic heterocycles. The van der Waals surface area contributed by atoms with Crippen molar-refractivity contribution in [1.29, 1.82) is 0 Å². The Balaban J connectivity index is 1.35. The van der Waals surface area contributed by atoms with Gasteiger partial charge in [-0.1, -0.05) is 197 Å². The highest BCUT2D eigenvalue weighted by atomic mass is 15.1. The van der Waals surface area contributed by atoms with Crippen molar-refractivity contribution in [1.82, 2.24) is 0 Å². The van der Waals surface area contributed by atoms with Crippen LogP contribution in [0.1, 0.15) is 178 Å². The first-order chi connectivity index (χ1) is 32.0. The Hall–Kier alpha value is -5.08. The van der Waals surface area contributed by atoms with E-state index in [2.05, 4.69) is 184 Å². The average molecular weight is 863 g/mol. The summed E-state index contributed by atoms with van der Waals surface area (Å²) in [6, 6.07) is 53.8. The Bertz CT molecular complexity index is 2350. The van der Waals surface area contributed by atoms with Gasteiger partial charge in [0.2, 0.25) is 0 Å². The maximum absolute atomic E-state index is 2.79. The number of benzene rings is 6. The molecule has 0 amide bonds. The van der Waals surface area contributed by atoms with Crippen LogP contribution in [0.25, 0.3) is 22.3 Å². The molecule has 0 N–H and O–H groups in total. The topological polar surface area (TPSA) is 6.48 Å². The van der Waals surface area contributed by atoms with Gasteiger partial charge in [0, 0.05) is 46.3 Å². The van der Waals surface area contributed by atoms with Gasteiger partial charge in [-0.3, -0.25) is 0 Å². The molecule has 0 unspecified atom stereocenters. The van der Waals surface area contributed by atoms with Gasteiger partial charge in [0.05, 0.1) is 0 Å². The third-order valence-corrected chi connectivity index (χ3v) is 15.5. The number of unbranched alkanes of at least 4 members (excludes halogenated alkanes) is 12. The predicted octanol–water partition coefficient (Wildman–Crippen LogP) is 19.3. The van der Waals surface area contributed by atoms with Crippen LogP contribution in [0, 0.1) is 0 Å². The van der Waals surface area contributed by atoms with E-state index in [0.29, 0.717) is 0 Å². The lowest BCUT2D eigenvalue weighted by Crippen LogP contribution is -2.27. The Kier molecular flexibility index (Phi) is 15.7.